The SMILES string of the molecule is FC(F)(F)I.O.[2H]c1c([2H])c(Cl)c(C(F)(F)F)c([2H])c1N.[2H]c1c([2H])c([2H])c(C(F)(F)F)c(Cl)c1[2H].[2H]c1c([2H])c([2H])c(Cl)c([2H])c1[2H].[2H]c1c([2H])c([N+](=O)[O-])c([2H])c(C(F)(F)F)c1Cl. The van der Waals surface area contributed by atoms with Crippen LogP contribution in [0.2, 0.25) is 20.1 Å². The first-order valence-electron chi connectivity index (χ1n) is 18.3. The summed E-state index contributed by atoms with van der Waals surface area (Å²) in [4.78, 5) is 9.15. The summed E-state index contributed by atoms with van der Waals surface area (Å²) in [5.74, 6) is 0. The molecule has 0 fully saturated rings. The summed E-state index contributed by atoms with van der Waals surface area (Å²) in [6.07, 6.45) is -14.8. The maximum absolute atomic E-state index is 12.5. The van der Waals surface area contributed by atoms with E-state index in [0.717, 1.165) is 0 Å². The summed E-state index contributed by atoms with van der Waals surface area (Å²) in [5, 5.41) is 7.07. The number of hydrogen-bond donors (Lipinski definition) is 1. The zero-order valence-electron chi connectivity index (χ0n) is 37.8. The first-order valence-corrected chi connectivity index (χ1v) is 13.4. The molecule has 0 atom stereocenters. The van der Waals surface area contributed by atoms with Crippen LogP contribution in [0.25, 0.3) is 0 Å². The van der Waals surface area contributed by atoms with E-state index in [0.29, 0.717) is 22.6 Å². The third-order valence-corrected chi connectivity index (χ3v) is 4.72. The van der Waals surface area contributed by atoms with Gasteiger partial charge in [0.1, 0.15) is 0 Å². The van der Waals surface area contributed by atoms with E-state index < -0.39 is 149 Å². The van der Waals surface area contributed by atoms with E-state index >= 15 is 0 Å². The quantitative estimate of drug-likeness (QED) is 0.0514. The predicted octanol–water partition coefficient (Wildman–Crippen LogP) is 13.0. The number of benzene rings is 4. The highest BCUT2D eigenvalue weighted by Gasteiger charge is 2.35. The van der Waals surface area contributed by atoms with Crippen molar-refractivity contribution in [3.8, 4) is 0 Å². The minimum Gasteiger partial charge on any atom is -0.412 e. The highest BCUT2D eigenvalue weighted by Crippen LogP contribution is 2.37. The maximum atomic E-state index is 12.5. The lowest BCUT2D eigenvalue weighted by atomic mass is 10.2. The lowest BCUT2D eigenvalue weighted by Crippen LogP contribution is -2.06. The third kappa shape index (κ3) is 21.3. The molecule has 4 rings (SSSR count). The van der Waals surface area contributed by atoms with E-state index in [1.165, 1.54) is 0 Å². The van der Waals surface area contributed by atoms with E-state index in [9.17, 15) is 62.8 Å². The van der Waals surface area contributed by atoms with Crippen LogP contribution in [0.15, 0.2) is 90.6 Å². The molecule has 22 heteroatoms. The minimum absolute atomic E-state index is 0. The number of alkyl halides is 13. The topological polar surface area (TPSA) is 101 Å². The second-order valence-corrected chi connectivity index (χ2v) is 9.93. The van der Waals surface area contributed by atoms with Crippen molar-refractivity contribution in [1.29, 1.82) is 0 Å². The van der Waals surface area contributed by atoms with Gasteiger partial charge in [-0.15, -0.1) is 0 Å². The summed E-state index contributed by atoms with van der Waals surface area (Å²) >= 11 is 21.5. The van der Waals surface area contributed by atoms with Gasteiger partial charge in [0.25, 0.3) is 5.69 Å². The third-order valence-electron chi connectivity index (χ3n) is 3.68. The van der Waals surface area contributed by atoms with Gasteiger partial charge in [-0.1, -0.05) is 76.6 Å². The largest absolute Gasteiger partial charge is 0.441 e. The monoisotopic (exact) mass is 941 g/mol. The lowest BCUT2D eigenvalue weighted by Gasteiger charge is -2.08. The fourth-order valence-corrected chi connectivity index (χ4v) is 2.70. The van der Waals surface area contributed by atoms with Gasteiger partial charge in [0.15, 0.2) is 0 Å². The molecule has 50 heavy (non-hydrogen) atoms. The normalized spacial score (nSPS) is 15.2. The molecule has 4 aromatic carbocycles. The maximum Gasteiger partial charge on any atom is 0.441 e. The Labute approximate surface area is 329 Å². The molecular formula is C28H19Cl4F12IN2O3. The Morgan fingerprint density at radius 3 is 1.38 bits per heavy atom. The Balaban J connectivity index is 0. The molecule has 4 N–H and O–H groups in total. The summed E-state index contributed by atoms with van der Waals surface area (Å²) in [6, 6.07) is -12.0. The molecule has 0 amide bonds. The molecule has 4 aromatic rings. The van der Waals surface area contributed by atoms with Crippen molar-refractivity contribution >= 4 is 80.4 Å². The molecule has 0 unspecified atom stereocenters. The van der Waals surface area contributed by atoms with Gasteiger partial charge >= 0.3 is 22.7 Å². The Kier molecular flexibility index (Phi) is 11.9. The number of halogens is 17. The summed E-state index contributed by atoms with van der Waals surface area (Å²) in [5.41, 5.74) is -1.76. The number of anilines is 1. The van der Waals surface area contributed by atoms with Crippen molar-refractivity contribution < 1.29 is 83.6 Å². The number of hydrogen-bond acceptors (Lipinski definition) is 3. The van der Waals surface area contributed by atoms with Crippen LogP contribution >= 0.6 is 69.0 Å². The van der Waals surface area contributed by atoms with Crippen LogP contribution in [-0.4, -0.2) is 14.6 Å². The number of nitro benzene ring substituents is 1. The van der Waals surface area contributed by atoms with Crippen molar-refractivity contribution in [3.05, 3.63) is 138 Å². The molecule has 0 bridgehead atoms. The Morgan fingerprint density at radius 1 is 0.600 bits per heavy atom. The van der Waals surface area contributed by atoms with Gasteiger partial charge in [0.05, 0.1) is 57.2 Å². The molecule has 278 valence electrons. The summed E-state index contributed by atoms with van der Waals surface area (Å²) in [7, 11) is 0. The van der Waals surface area contributed by atoms with Crippen LogP contribution in [0.4, 0.5) is 64.1 Å². The van der Waals surface area contributed by atoms with Crippen LogP contribution in [0.3, 0.4) is 0 Å². The fourth-order valence-electron chi connectivity index (χ4n) is 2.00. The van der Waals surface area contributed by atoms with E-state index in [2.05, 4.69) is 0 Å². The number of nitrogens with zero attached hydrogens (tertiary/aromatic N) is 1. The highest BCUT2D eigenvalue weighted by atomic mass is 127. The second kappa shape index (κ2) is 21.5. The standard InChI is InChI=1S/C7H3ClF3NO2.C7H5ClF3N.C7H4ClF3.C6H5Cl.CF3I.H2O/c8-6-2-1-4(12(13)14)3-5(6)7(9,10)11;8-6-2-1-4(12)3-5(6)7(9,10)11;8-6-4-2-1-3-5(6)7(9,10)11;7-6-4-2-1-3-5-6;2-1(3,4)5;/h1-3H;1-3H,12H2;1-4H;1-5H;;1H2/i2*1D,2D,3D;1D,2D,3D,4D;1D,2D,3D,4D,5D;;. The van der Waals surface area contributed by atoms with Gasteiger partial charge < -0.3 is 11.2 Å². The van der Waals surface area contributed by atoms with Gasteiger partial charge in [-0.05, 0) is 48.3 Å². The van der Waals surface area contributed by atoms with Gasteiger partial charge in [0.2, 0.25) is 0 Å². The first kappa shape index (κ1) is 27.7. The molecule has 0 aliphatic carbocycles. The second-order valence-electron chi connectivity index (χ2n) is 7.20. The average Bonchev–Trinajstić information content (AvgIpc) is 3.13. The van der Waals surface area contributed by atoms with Gasteiger partial charge in [-0.2, -0.15) is 52.7 Å². The van der Waals surface area contributed by atoms with Crippen LogP contribution < -0.4 is 5.73 Å². The van der Waals surface area contributed by atoms with E-state index in [1.807, 2.05) is 0 Å². The van der Waals surface area contributed by atoms with Gasteiger partial charge in [0, 0.05) is 45.4 Å². The van der Waals surface area contributed by atoms with Crippen molar-refractivity contribution in [2.24, 2.45) is 0 Å². The molecule has 0 heterocycles. The fraction of sp³-hybridized carbons (Fsp3) is 0.143. The van der Waals surface area contributed by atoms with Gasteiger partial charge in [-0.3, -0.25) is 10.1 Å². The molecule has 0 aromatic heterocycles. The van der Waals surface area contributed by atoms with Crippen LogP contribution in [0, 0.1) is 10.1 Å². The molecule has 0 aliphatic rings. The first-order chi connectivity index (χ1) is 28.4. The predicted molar refractivity (Wildman–Crippen MR) is 176 cm³/mol. The Hall–Kier alpha value is -2.91. The molecular weight excluding hydrogens is 909 g/mol. The Morgan fingerprint density at radius 2 is 0.960 bits per heavy atom. The van der Waals surface area contributed by atoms with Crippen LogP contribution in [0.5, 0.6) is 0 Å². The Bertz CT molecular complexity index is 2190. The summed E-state index contributed by atoms with van der Waals surface area (Å²) in [6.45, 7) is 0. The van der Waals surface area contributed by atoms with E-state index in [1.54, 1.807) is 0 Å². The lowest BCUT2D eigenvalue weighted by molar-refractivity contribution is -0.385. The van der Waals surface area contributed by atoms with Crippen LogP contribution in [-0.2, 0) is 18.5 Å². The number of nitro groups is 1. The van der Waals surface area contributed by atoms with Crippen molar-refractivity contribution in [2.75, 3.05) is 5.73 Å². The van der Waals surface area contributed by atoms with Crippen molar-refractivity contribution in [2.45, 2.75) is 22.7 Å². The number of rotatable bonds is 1. The van der Waals surface area contributed by atoms with Crippen LogP contribution in [0.1, 0.15) is 37.3 Å². The molecule has 0 aliphatic heterocycles. The van der Waals surface area contributed by atoms with Gasteiger partial charge in [-0.25, -0.2) is 0 Å². The van der Waals surface area contributed by atoms with Crippen molar-refractivity contribution in [1.82, 2.24) is 0 Å². The average molecular weight is 943 g/mol. The number of nitrogen functional groups attached to an aromatic ring is 1. The zero-order valence-corrected chi connectivity index (χ0v) is 27.9. The molecule has 5 nitrogen and oxygen atoms in total. The zero-order chi connectivity index (χ0) is 51.4. The minimum atomic E-state index is -5.09. The smallest absolute Gasteiger partial charge is 0.412 e. The number of nitrogens with two attached hydrogens (primary N) is 1. The summed E-state index contributed by atoms with van der Waals surface area (Å²) < 4.78 is 245. The van der Waals surface area contributed by atoms with E-state index in [4.69, 9.17) is 72.7 Å². The molecule has 0 saturated heterocycles. The molecule has 0 saturated carbocycles. The van der Waals surface area contributed by atoms with E-state index in [-0.39, 0.29) is 22.6 Å². The highest BCUT2D eigenvalue weighted by molar-refractivity contribution is 14.1. The van der Waals surface area contributed by atoms with Crippen molar-refractivity contribution in [3.63, 3.8) is 0 Å². The molecule has 0 spiro atoms. The molecule has 0 radical (unpaired) electrons.